The third-order valence-electron chi connectivity index (χ3n) is 1.64. The molecule has 0 bridgehead atoms. The first-order valence-corrected chi connectivity index (χ1v) is 4.20. The van der Waals surface area contributed by atoms with E-state index < -0.39 is 0 Å². The molecule has 0 aromatic heterocycles. The SMILES string of the molecule is [CH2-][NH2+]Cc1ccccc1OCC. The molecule has 0 atom stereocenters. The number of nitrogens with two attached hydrogens (primary N) is 1. The lowest BCUT2D eigenvalue weighted by atomic mass is 10.2. The quantitative estimate of drug-likeness (QED) is 0.660. The molecule has 1 rings (SSSR count). The van der Waals surface area contributed by atoms with Gasteiger partial charge in [0.15, 0.2) is 0 Å². The predicted molar refractivity (Wildman–Crippen MR) is 48.6 cm³/mol. The van der Waals surface area contributed by atoms with E-state index in [0.29, 0.717) is 6.61 Å². The fraction of sp³-hybridized carbons (Fsp3) is 0.300. The summed E-state index contributed by atoms with van der Waals surface area (Å²) < 4.78 is 5.44. The van der Waals surface area contributed by atoms with Crippen molar-refractivity contribution in [3.05, 3.63) is 36.9 Å². The summed E-state index contributed by atoms with van der Waals surface area (Å²) in [7, 11) is 3.70. The van der Waals surface area contributed by atoms with Crippen LogP contribution in [0.2, 0.25) is 0 Å². The number of para-hydroxylation sites is 1. The molecule has 0 aliphatic heterocycles. The second-order valence-electron chi connectivity index (χ2n) is 2.53. The molecule has 1 aromatic rings. The van der Waals surface area contributed by atoms with Crippen LogP contribution in [0, 0.1) is 7.05 Å². The summed E-state index contributed by atoms with van der Waals surface area (Å²) in [5.74, 6) is 0.972. The first-order chi connectivity index (χ1) is 5.88. The van der Waals surface area contributed by atoms with E-state index in [1.54, 1.807) is 0 Å². The molecule has 66 valence electrons. The van der Waals surface area contributed by atoms with Crippen molar-refractivity contribution in [2.45, 2.75) is 13.5 Å². The largest absolute Gasteiger partial charge is 0.493 e. The molecule has 0 aliphatic carbocycles. The lowest BCUT2D eigenvalue weighted by Crippen LogP contribution is -2.74. The number of hydrogen-bond acceptors (Lipinski definition) is 1. The zero-order valence-corrected chi connectivity index (χ0v) is 7.42. The van der Waals surface area contributed by atoms with Gasteiger partial charge in [0.05, 0.1) is 13.2 Å². The summed E-state index contributed by atoms with van der Waals surface area (Å²) in [5, 5.41) is 1.89. The van der Waals surface area contributed by atoms with Gasteiger partial charge in [-0.2, -0.15) is 7.05 Å². The predicted octanol–water partition coefficient (Wildman–Crippen LogP) is 0.940. The van der Waals surface area contributed by atoms with Gasteiger partial charge in [-0.25, -0.2) is 0 Å². The third-order valence-corrected chi connectivity index (χ3v) is 1.64. The molecule has 0 unspecified atom stereocenters. The van der Waals surface area contributed by atoms with Gasteiger partial charge in [-0.3, -0.25) is 0 Å². The van der Waals surface area contributed by atoms with E-state index in [1.165, 1.54) is 5.56 Å². The van der Waals surface area contributed by atoms with Gasteiger partial charge in [0, 0.05) is 5.56 Å². The summed E-state index contributed by atoms with van der Waals surface area (Å²) in [6.45, 7) is 3.58. The highest BCUT2D eigenvalue weighted by Crippen LogP contribution is 2.16. The smallest absolute Gasteiger partial charge is 0.128 e. The van der Waals surface area contributed by atoms with Crippen molar-refractivity contribution < 1.29 is 10.1 Å². The monoisotopic (exact) mass is 165 g/mol. The minimum absolute atomic E-state index is 0.716. The normalized spacial score (nSPS) is 9.83. The number of ether oxygens (including phenoxy) is 1. The minimum Gasteiger partial charge on any atom is -0.493 e. The Morgan fingerprint density at radius 3 is 2.83 bits per heavy atom. The lowest BCUT2D eigenvalue weighted by Gasteiger charge is -2.08. The number of rotatable bonds is 4. The summed E-state index contributed by atoms with van der Waals surface area (Å²) in [5.41, 5.74) is 1.20. The minimum atomic E-state index is 0.716. The Morgan fingerprint density at radius 2 is 2.17 bits per heavy atom. The lowest BCUT2D eigenvalue weighted by molar-refractivity contribution is -0.612. The van der Waals surface area contributed by atoms with Crippen molar-refractivity contribution in [1.29, 1.82) is 0 Å². The zero-order valence-electron chi connectivity index (χ0n) is 7.42. The fourth-order valence-corrected chi connectivity index (χ4v) is 1.12. The second kappa shape index (κ2) is 4.78. The standard InChI is InChI=1S/C10H15NO/c1-3-12-10-7-5-4-6-9(10)8-11-2/h4-7H,2-3,8,11H2,1H3. The van der Waals surface area contributed by atoms with Crippen LogP contribution in [0.25, 0.3) is 0 Å². The zero-order chi connectivity index (χ0) is 8.81. The Hall–Kier alpha value is -1.02. The molecule has 2 heteroatoms. The summed E-state index contributed by atoms with van der Waals surface area (Å²) >= 11 is 0. The molecular formula is C10H15NO. The molecule has 0 fully saturated rings. The molecule has 0 amide bonds. The van der Waals surface area contributed by atoms with E-state index in [2.05, 4.69) is 13.1 Å². The van der Waals surface area contributed by atoms with Crippen molar-refractivity contribution in [1.82, 2.24) is 0 Å². The molecule has 1 aromatic carbocycles. The fourth-order valence-electron chi connectivity index (χ4n) is 1.12. The molecule has 2 nitrogen and oxygen atoms in total. The molecule has 2 N–H and O–H groups in total. The molecule has 0 radical (unpaired) electrons. The molecule has 0 spiro atoms. The van der Waals surface area contributed by atoms with Gasteiger partial charge in [0.1, 0.15) is 5.75 Å². The first kappa shape index (κ1) is 9.07. The average Bonchev–Trinajstić information content (AvgIpc) is 2.09. The number of hydrogen-bond donors (Lipinski definition) is 1. The van der Waals surface area contributed by atoms with E-state index >= 15 is 0 Å². The number of quaternary nitrogens is 1. The molecule has 0 saturated carbocycles. The van der Waals surface area contributed by atoms with Crippen LogP contribution in [0.4, 0.5) is 0 Å². The van der Waals surface area contributed by atoms with Crippen molar-refractivity contribution >= 4 is 0 Å². The second-order valence-corrected chi connectivity index (χ2v) is 2.53. The van der Waals surface area contributed by atoms with E-state index in [-0.39, 0.29) is 0 Å². The molecule has 0 heterocycles. The van der Waals surface area contributed by atoms with E-state index in [4.69, 9.17) is 4.74 Å². The van der Waals surface area contributed by atoms with Crippen LogP contribution in [-0.2, 0) is 6.54 Å². The van der Waals surface area contributed by atoms with Crippen LogP contribution in [0.5, 0.6) is 5.75 Å². The van der Waals surface area contributed by atoms with Crippen LogP contribution in [0.1, 0.15) is 12.5 Å². The summed E-state index contributed by atoms with van der Waals surface area (Å²) in [6.07, 6.45) is 0. The Morgan fingerprint density at radius 1 is 1.42 bits per heavy atom. The van der Waals surface area contributed by atoms with Crippen LogP contribution in [0.3, 0.4) is 0 Å². The van der Waals surface area contributed by atoms with E-state index in [9.17, 15) is 0 Å². The molecular weight excluding hydrogens is 150 g/mol. The maximum Gasteiger partial charge on any atom is 0.128 e. The highest BCUT2D eigenvalue weighted by Gasteiger charge is 2.00. The van der Waals surface area contributed by atoms with Gasteiger partial charge in [0.25, 0.3) is 0 Å². The van der Waals surface area contributed by atoms with Gasteiger partial charge in [-0.1, -0.05) is 12.1 Å². The van der Waals surface area contributed by atoms with Crippen LogP contribution >= 0.6 is 0 Å². The number of benzene rings is 1. The Labute approximate surface area is 73.6 Å². The average molecular weight is 165 g/mol. The van der Waals surface area contributed by atoms with Gasteiger partial charge in [0.2, 0.25) is 0 Å². The van der Waals surface area contributed by atoms with Crippen molar-refractivity contribution in [2.75, 3.05) is 6.61 Å². The van der Waals surface area contributed by atoms with E-state index in [1.807, 2.05) is 30.4 Å². The molecule has 0 saturated heterocycles. The van der Waals surface area contributed by atoms with Crippen molar-refractivity contribution in [2.24, 2.45) is 0 Å². The Balaban J connectivity index is 2.77. The molecule has 12 heavy (non-hydrogen) atoms. The summed E-state index contributed by atoms with van der Waals surface area (Å²) in [4.78, 5) is 0. The van der Waals surface area contributed by atoms with Crippen LogP contribution in [-0.4, -0.2) is 6.61 Å². The van der Waals surface area contributed by atoms with Crippen molar-refractivity contribution in [3.63, 3.8) is 0 Å². The highest BCUT2D eigenvalue weighted by molar-refractivity contribution is 5.32. The van der Waals surface area contributed by atoms with Gasteiger partial charge in [-0.05, 0) is 19.1 Å². The maximum absolute atomic E-state index is 5.44. The topological polar surface area (TPSA) is 25.8 Å². The Kier molecular flexibility index (Phi) is 3.61. The first-order valence-electron chi connectivity index (χ1n) is 4.20. The van der Waals surface area contributed by atoms with Crippen LogP contribution in [0.15, 0.2) is 24.3 Å². The maximum atomic E-state index is 5.44. The third kappa shape index (κ3) is 2.24. The van der Waals surface area contributed by atoms with Gasteiger partial charge >= 0.3 is 0 Å². The summed E-state index contributed by atoms with van der Waals surface area (Å²) in [6, 6.07) is 8.05. The Bertz CT molecular complexity index is 210. The van der Waals surface area contributed by atoms with Crippen molar-refractivity contribution in [3.8, 4) is 5.75 Å². The highest BCUT2D eigenvalue weighted by atomic mass is 16.5. The van der Waals surface area contributed by atoms with E-state index in [0.717, 1.165) is 12.3 Å². The molecule has 0 aliphatic rings. The van der Waals surface area contributed by atoms with Gasteiger partial charge < -0.3 is 10.1 Å². The van der Waals surface area contributed by atoms with Gasteiger partial charge in [-0.15, -0.1) is 0 Å². The van der Waals surface area contributed by atoms with Crippen LogP contribution < -0.4 is 10.1 Å².